The Labute approximate surface area is 223 Å². The number of ether oxygens (including phenoxy) is 2. The van der Waals surface area contributed by atoms with Crippen LogP contribution in [0.3, 0.4) is 0 Å². The van der Waals surface area contributed by atoms with Crippen molar-refractivity contribution in [1.29, 1.82) is 0 Å². The van der Waals surface area contributed by atoms with E-state index in [0.29, 0.717) is 5.56 Å². The van der Waals surface area contributed by atoms with Gasteiger partial charge in [-0.3, -0.25) is 9.88 Å². The van der Waals surface area contributed by atoms with Gasteiger partial charge >= 0.3 is 5.97 Å². The summed E-state index contributed by atoms with van der Waals surface area (Å²) in [6.45, 7) is 9.43. The molecule has 8 nitrogen and oxygen atoms in total. The zero-order chi connectivity index (χ0) is 25.9. The van der Waals surface area contributed by atoms with Gasteiger partial charge in [-0.25, -0.2) is 4.79 Å². The highest BCUT2D eigenvalue weighted by atomic mass is 32.1. The van der Waals surface area contributed by atoms with Crippen LogP contribution in [0.4, 0.5) is 0 Å². The summed E-state index contributed by atoms with van der Waals surface area (Å²) >= 11 is 5.88. The Kier molecular flexibility index (Phi) is 7.55. The lowest BCUT2D eigenvalue weighted by Crippen LogP contribution is -2.42. The van der Waals surface area contributed by atoms with E-state index in [0.717, 1.165) is 67.3 Å². The van der Waals surface area contributed by atoms with Crippen molar-refractivity contribution < 1.29 is 14.3 Å². The van der Waals surface area contributed by atoms with Gasteiger partial charge in [0.2, 0.25) is 0 Å². The number of carbonyl (C=O) groups excluding carboxylic acids is 1. The minimum absolute atomic E-state index is 0.00210. The highest BCUT2D eigenvalue weighted by Crippen LogP contribution is 2.41. The molecule has 2 atom stereocenters. The van der Waals surface area contributed by atoms with E-state index in [9.17, 15) is 4.79 Å². The highest BCUT2D eigenvalue weighted by Gasteiger charge is 2.41. The van der Waals surface area contributed by atoms with Crippen LogP contribution in [-0.2, 0) is 9.47 Å². The number of esters is 1. The number of benzene rings is 1. The highest BCUT2D eigenvalue weighted by molar-refractivity contribution is 7.80. The van der Waals surface area contributed by atoms with E-state index in [1.54, 1.807) is 12.1 Å². The summed E-state index contributed by atoms with van der Waals surface area (Å²) in [4.78, 5) is 21.3. The van der Waals surface area contributed by atoms with Crippen LogP contribution < -0.4 is 5.32 Å². The maximum Gasteiger partial charge on any atom is 0.337 e. The van der Waals surface area contributed by atoms with Gasteiger partial charge in [0, 0.05) is 49.5 Å². The second-order valence-corrected chi connectivity index (χ2v) is 9.86. The van der Waals surface area contributed by atoms with Crippen molar-refractivity contribution in [3.63, 3.8) is 0 Å². The van der Waals surface area contributed by atoms with Crippen LogP contribution >= 0.6 is 12.2 Å². The van der Waals surface area contributed by atoms with Crippen LogP contribution in [0.1, 0.15) is 45.1 Å². The molecule has 0 amide bonds. The summed E-state index contributed by atoms with van der Waals surface area (Å²) in [6, 6.07) is 15.7. The molecule has 37 heavy (non-hydrogen) atoms. The van der Waals surface area contributed by atoms with E-state index in [-0.39, 0.29) is 18.1 Å². The first kappa shape index (κ1) is 25.4. The number of thiocarbonyl (C=S) groups is 1. The number of nitrogens with zero attached hydrogens (tertiary/aromatic N) is 4. The SMILES string of the molecule is COC(=O)c1ccc(-n2c(C)cc([C@H]3[C@H](c4ccccn4)NC(=S)N3CCN3CCOCC3)c2C)cc1. The second-order valence-electron chi connectivity index (χ2n) is 9.47. The number of aromatic nitrogens is 2. The van der Waals surface area contributed by atoms with E-state index in [2.05, 4.69) is 50.6 Å². The Balaban J connectivity index is 1.50. The number of nitrogens with one attached hydrogen (secondary N) is 1. The lowest BCUT2D eigenvalue weighted by Gasteiger charge is -2.32. The average Bonchev–Trinajstić information content (AvgIpc) is 3.42. The Morgan fingerprint density at radius 1 is 1.14 bits per heavy atom. The molecule has 1 N–H and O–H groups in total. The zero-order valence-electron chi connectivity index (χ0n) is 21.5. The van der Waals surface area contributed by atoms with Gasteiger partial charge in [0.1, 0.15) is 0 Å². The Morgan fingerprint density at radius 2 is 1.89 bits per heavy atom. The molecule has 0 aliphatic carbocycles. The normalized spacial score (nSPS) is 20.2. The Hall–Kier alpha value is -3.27. The Bertz CT molecular complexity index is 1250. The van der Waals surface area contributed by atoms with Gasteiger partial charge in [-0.15, -0.1) is 0 Å². The van der Waals surface area contributed by atoms with Crippen LogP contribution in [0.25, 0.3) is 5.69 Å². The van der Waals surface area contributed by atoms with Gasteiger partial charge in [-0.05, 0) is 74.1 Å². The molecule has 0 radical (unpaired) electrons. The first-order valence-corrected chi connectivity index (χ1v) is 13.0. The molecule has 3 aromatic rings. The van der Waals surface area contributed by atoms with Gasteiger partial charge in [0.15, 0.2) is 5.11 Å². The van der Waals surface area contributed by atoms with Crippen LogP contribution in [0.5, 0.6) is 0 Å². The molecule has 2 aliphatic rings. The fourth-order valence-corrected chi connectivity index (χ4v) is 5.74. The van der Waals surface area contributed by atoms with Crippen molar-refractivity contribution in [3.8, 4) is 5.69 Å². The molecule has 0 saturated carbocycles. The van der Waals surface area contributed by atoms with Crippen LogP contribution in [0.2, 0.25) is 0 Å². The van der Waals surface area contributed by atoms with Gasteiger partial charge in [0.05, 0.1) is 43.7 Å². The summed E-state index contributed by atoms with van der Waals surface area (Å²) in [5.41, 5.74) is 5.96. The molecule has 2 aliphatic heterocycles. The lowest BCUT2D eigenvalue weighted by molar-refractivity contribution is 0.0350. The summed E-state index contributed by atoms with van der Waals surface area (Å²) in [5, 5.41) is 4.32. The molecule has 2 saturated heterocycles. The second kappa shape index (κ2) is 11.0. The molecule has 0 bridgehead atoms. The van der Waals surface area contributed by atoms with Crippen molar-refractivity contribution in [3.05, 3.63) is 82.9 Å². The molecule has 194 valence electrons. The quantitative estimate of drug-likeness (QED) is 0.375. The first-order chi connectivity index (χ1) is 18.0. The Morgan fingerprint density at radius 3 is 2.57 bits per heavy atom. The topological polar surface area (TPSA) is 71.9 Å². The standard InChI is InChI=1S/C28H33N5O3S/c1-19-18-23(20(2)33(19)22-9-7-21(8-10-22)27(34)35-3)26-25(24-6-4-5-11-29-24)30-28(37)32(26)13-12-31-14-16-36-17-15-31/h4-11,18,25-26H,12-17H2,1-3H3,(H,30,37)/t25-,26-/m0/s1. The molecule has 2 fully saturated rings. The number of carbonyl (C=O) groups is 1. The predicted octanol–water partition coefficient (Wildman–Crippen LogP) is 3.58. The maximum atomic E-state index is 11.9. The number of hydrogen-bond donors (Lipinski definition) is 1. The largest absolute Gasteiger partial charge is 0.465 e. The maximum absolute atomic E-state index is 11.9. The fraction of sp³-hybridized carbons (Fsp3) is 0.393. The van der Waals surface area contributed by atoms with Crippen LogP contribution in [0.15, 0.2) is 54.7 Å². The minimum Gasteiger partial charge on any atom is -0.465 e. The fourth-order valence-electron chi connectivity index (χ4n) is 5.41. The molecular formula is C28H33N5O3S. The van der Waals surface area contributed by atoms with E-state index in [1.807, 2.05) is 30.5 Å². The van der Waals surface area contributed by atoms with Crippen molar-refractivity contribution in [2.24, 2.45) is 0 Å². The number of pyridine rings is 1. The van der Waals surface area contributed by atoms with E-state index < -0.39 is 0 Å². The summed E-state index contributed by atoms with van der Waals surface area (Å²) in [5.74, 6) is -0.340. The van der Waals surface area contributed by atoms with Crippen molar-refractivity contribution >= 4 is 23.3 Å². The van der Waals surface area contributed by atoms with E-state index in [4.69, 9.17) is 21.7 Å². The summed E-state index contributed by atoms with van der Waals surface area (Å²) in [6.07, 6.45) is 1.83. The number of rotatable bonds is 7. The van der Waals surface area contributed by atoms with Crippen molar-refractivity contribution in [1.82, 2.24) is 24.7 Å². The minimum atomic E-state index is -0.340. The third-order valence-electron chi connectivity index (χ3n) is 7.29. The zero-order valence-corrected chi connectivity index (χ0v) is 22.3. The van der Waals surface area contributed by atoms with E-state index in [1.165, 1.54) is 12.7 Å². The van der Waals surface area contributed by atoms with Crippen molar-refractivity contribution in [2.75, 3.05) is 46.5 Å². The average molecular weight is 520 g/mol. The molecule has 1 aromatic carbocycles. The van der Waals surface area contributed by atoms with Gasteiger partial charge in [-0.1, -0.05) is 6.07 Å². The molecule has 5 rings (SSSR count). The number of methoxy groups -OCH3 is 1. The lowest BCUT2D eigenvalue weighted by atomic mass is 9.96. The summed E-state index contributed by atoms with van der Waals surface area (Å²) < 4.78 is 12.6. The smallest absolute Gasteiger partial charge is 0.337 e. The predicted molar refractivity (Wildman–Crippen MR) is 146 cm³/mol. The molecule has 4 heterocycles. The monoisotopic (exact) mass is 519 g/mol. The molecule has 0 unspecified atom stereocenters. The number of hydrogen-bond acceptors (Lipinski definition) is 6. The summed E-state index contributed by atoms with van der Waals surface area (Å²) in [7, 11) is 1.39. The molecule has 0 spiro atoms. The molecule has 2 aromatic heterocycles. The third kappa shape index (κ3) is 5.12. The third-order valence-corrected chi connectivity index (χ3v) is 7.65. The molecule has 9 heteroatoms. The number of morpholine rings is 1. The van der Waals surface area contributed by atoms with Crippen molar-refractivity contribution in [2.45, 2.75) is 25.9 Å². The molecular weight excluding hydrogens is 486 g/mol. The van der Waals surface area contributed by atoms with E-state index >= 15 is 0 Å². The number of aryl methyl sites for hydroxylation is 1. The first-order valence-electron chi connectivity index (χ1n) is 12.6. The van der Waals surface area contributed by atoms with Crippen LogP contribution in [0, 0.1) is 13.8 Å². The van der Waals surface area contributed by atoms with Crippen LogP contribution in [-0.4, -0.2) is 76.9 Å². The van der Waals surface area contributed by atoms with Gasteiger partial charge in [0.25, 0.3) is 0 Å². The van der Waals surface area contributed by atoms with Gasteiger partial charge < -0.3 is 24.3 Å². The van der Waals surface area contributed by atoms with Gasteiger partial charge in [-0.2, -0.15) is 0 Å².